The highest BCUT2D eigenvalue weighted by Gasteiger charge is 2.33. The van der Waals surface area contributed by atoms with Gasteiger partial charge < -0.3 is 10.2 Å². The van der Waals surface area contributed by atoms with Crippen molar-refractivity contribution in [3.05, 3.63) is 96.1 Å². The molecule has 0 heterocycles. The van der Waals surface area contributed by atoms with Crippen LogP contribution in [0.15, 0.2) is 84.9 Å². The second-order valence-electron chi connectivity index (χ2n) is 6.78. The first-order valence-corrected chi connectivity index (χ1v) is 8.82. The monoisotopic (exact) mass is 338 g/mol. The predicted molar refractivity (Wildman–Crippen MR) is 105 cm³/mol. The molecule has 1 aliphatic carbocycles. The lowest BCUT2D eigenvalue weighted by Crippen LogP contribution is -2.18. The number of benzene rings is 4. The third kappa shape index (κ3) is 2.13. The molecule has 1 aliphatic rings. The minimum atomic E-state index is -0.928. The minimum absolute atomic E-state index is 0.780. The molecule has 0 radical (unpaired) electrons. The Morgan fingerprint density at radius 1 is 0.538 bits per heavy atom. The van der Waals surface area contributed by atoms with Gasteiger partial charge >= 0.3 is 0 Å². The molecular formula is C24H18O2. The van der Waals surface area contributed by atoms with Crippen LogP contribution in [0.2, 0.25) is 0 Å². The van der Waals surface area contributed by atoms with Crippen molar-refractivity contribution in [2.75, 3.05) is 0 Å². The molecule has 4 aromatic rings. The van der Waals surface area contributed by atoms with E-state index in [-0.39, 0.29) is 0 Å². The summed E-state index contributed by atoms with van der Waals surface area (Å²) in [4.78, 5) is 0. The molecule has 126 valence electrons. The molecule has 0 amide bonds. The van der Waals surface area contributed by atoms with E-state index in [1.54, 1.807) is 0 Å². The molecule has 0 aliphatic heterocycles. The normalized spacial score (nSPS) is 18.4. The Labute approximate surface area is 152 Å². The van der Waals surface area contributed by atoms with E-state index < -0.39 is 12.2 Å². The summed E-state index contributed by atoms with van der Waals surface area (Å²) in [5.41, 5.74) is 5.78. The molecular weight excluding hydrogens is 320 g/mol. The van der Waals surface area contributed by atoms with Gasteiger partial charge in [0.15, 0.2) is 0 Å². The van der Waals surface area contributed by atoms with Gasteiger partial charge in [-0.3, -0.25) is 0 Å². The smallest absolute Gasteiger partial charge is 0.110 e. The van der Waals surface area contributed by atoms with Crippen LogP contribution in [0.4, 0.5) is 0 Å². The summed E-state index contributed by atoms with van der Waals surface area (Å²) < 4.78 is 0. The summed E-state index contributed by atoms with van der Waals surface area (Å²) in [6.07, 6.45) is -1.85. The molecule has 0 bridgehead atoms. The van der Waals surface area contributed by atoms with Crippen LogP contribution in [0.1, 0.15) is 23.3 Å². The Hall–Kier alpha value is -2.94. The first-order valence-electron chi connectivity index (χ1n) is 8.82. The molecule has 4 aromatic carbocycles. The first kappa shape index (κ1) is 15.3. The highest BCUT2D eigenvalue weighted by molar-refractivity contribution is 6.04. The third-order valence-electron chi connectivity index (χ3n) is 5.33. The maximum atomic E-state index is 10.8. The van der Waals surface area contributed by atoms with Crippen LogP contribution in [0.25, 0.3) is 33.0 Å². The molecule has 0 spiro atoms. The lowest BCUT2D eigenvalue weighted by molar-refractivity contribution is 0.0159. The molecule has 2 atom stereocenters. The van der Waals surface area contributed by atoms with E-state index in [1.807, 2.05) is 54.6 Å². The van der Waals surface area contributed by atoms with Gasteiger partial charge in [-0.1, -0.05) is 84.9 Å². The number of fused-ring (bicyclic) bond motifs is 5. The summed E-state index contributed by atoms with van der Waals surface area (Å²) in [5, 5.41) is 23.7. The van der Waals surface area contributed by atoms with Crippen molar-refractivity contribution in [3.63, 3.8) is 0 Å². The fourth-order valence-electron chi connectivity index (χ4n) is 4.11. The van der Waals surface area contributed by atoms with E-state index >= 15 is 0 Å². The van der Waals surface area contributed by atoms with Crippen molar-refractivity contribution < 1.29 is 10.2 Å². The van der Waals surface area contributed by atoms with E-state index in [9.17, 15) is 10.2 Å². The van der Waals surface area contributed by atoms with Gasteiger partial charge in [0.25, 0.3) is 0 Å². The Kier molecular flexibility index (Phi) is 3.42. The molecule has 2 N–H and O–H groups in total. The number of rotatable bonds is 1. The highest BCUT2D eigenvalue weighted by atomic mass is 16.3. The van der Waals surface area contributed by atoms with Crippen LogP contribution in [0.5, 0.6) is 0 Å². The number of hydrogen-bond donors (Lipinski definition) is 2. The van der Waals surface area contributed by atoms with Crippen molar-refractivity contribution in [3.8, 4) is 22.3 Å². The minimum Gasteiger partial charge on any atom is -0.385 e. The van der Waals surface area contributed by atoms with Gasteiger partial charge in [-0.15, -0.1) is 0 Å². The van der Waals surface area contributed by atoms with Gasteiger partial charge in [0.2, 0.25) is 0 Å². The summed E-state index contributed by atoms with van der Waals surface area (Å²) in [7, 11) is 0. The van der Waals surface area contributed by atoms with Gasteiger partial charge in [0, 0.05) is 0 Å². The molecule has 0 saturated heterocycles. The molecule has 2 nitrogen and oxygen atoms in total. The largest absolute Gasteiger partial charge is 0.385 e. The number of hydrogen-bond acceptors (Lipinski definition) is 2. The SMILES string of the molecule is O[C@H]1c2cccc(-c3ccccc3)c2-c2c(ccc3ccccc23)[C@@H]1O. The summed E-state index contributed by atoms with van der Waals surface area (Å²) in [5.74, 6) is 0. The lowest BCUT2D eigenvalue weighted by Gasteiger charge is -2.31. The third-order valence-corrected chi connectivity index (χ3v) is 5.33. The Bertz CT molecular complexity index is 1120. The van der Waals surface area contributed by atoms with Crippen molar-refractivity contribution in [1.82, 2.24) is 0 Å². The van der Waals surface area contributed by atoms with Crippen molar-refractivity contribution in [1.29, 1.82) is 0 Å². The maximum Gasteiger partial charge on any atom is 0.110 e. The fraction of sp³-hybridized carbons (Fsp3) is 0.0833. The second kappa shape index (κ2) is 5.80. The fourth-order valence-corrected chi connectivity index (χ4v) is 4.11. The Morgan fingerprint density at radius 2 is 1.23 bits per heavy atom. The molecule has 5 rings (SSSR count). The molecule has 0 unspecified atom stereocenters. The van der Waals surface area contributed by atoms with Gasteiger partial charge in [-0.25, -0.2) is 0 Å². The molecule has 0 saturated carbocycles. The number of aliphatic hydroxyl groups is 2. The lowest BCUT2D eigenvalue weighted by atomic mass is 9.77. The van der Waals surface area contributed by atoms with Crippen molar-refractivity contribution in [2.24, 2.45) is 0 Å². The van der Waals surface area contributed by atoms with E-state index in [0.717, 1.165) is 44.2 Å². The van der Waals surface area contributed by atoms with Gasteiger partial charge in [0.1, 0.15) is 12.2 Å². The van der Waals surface area contributed by atoms with Gasteiger partial charge in [0.05, 0.1) is 0 Å². The zero-order chi connectivity index (χ0) is 17.7. The van der Waals surface area contributed by atoms with E-state index in [1.165, 1.54) is 0 Å². The quantitative estimate of drug-likeness (QED) is 0.497. The zero-order valence-electron chi connectivity index (χ0n) is 14.1. The average molecular weight is 338 g/mol. The van der Waals surface area contributed by atoms with Crippen molar-refractivity contribution >= 4 is 10.8 Å². The highest BCUT2D eigenvalue weighted by Crippen LogP contribution is 2.50. The van der Waals surface area contributed by atoms with Crippen molar-refractivity contribution in [2.45, 2.75) is 12.2 Å². The van der Waals surface area contributed by atoms with Crippen LogP contribution in [0, 0.1) is 0 Å². The second-order valence-corrected chi connectivity index (χ2v) is 6.78. The van der Waals surface area contributed by atoms with E-state index in [4.69, 9.17) is 0 Å². The number of aliphatic hydroxyl groups excluding tert-OH is 2. The van der Waals surface area contributed by atoms with Gasteiger partial charge in [-0.05, 0) is 44.2 Å². The summed E-state index contributed by atoms with van der Waals surface area (Å²) in [6.45, 7) is 0. The van der Waals surface area contributed by atoms with Crippen LogP contribution in [-0.4, -0.2) is 10.2 Å². The Morgan fingerprint density at radius 3 is 2.04 bits per heavy atom. The Balaban J connectivity index is 1.93. The zero-order valence-corrected chi connectivity index (χ0v) is 14.1. The standard InChI is InChI=1S/C24H18O2/c25-23-19-12-6-11-18(15-7-2-1-3-8-15)21(19)22-17-10-5-4-9-16(17)13-14-20(22)24(23)26/h1-14,23-26H/t23-,24-/m0/s1. The molecule has 0 fully saturated rings. The van der Waals surface area contributed by atoms with Crippen LogP contribution >= 0.6 is 0 Å². The molecule has 0 aromatic heterocycles. The van der Waals surface area contributed by atoms with Gasteiger partial charge in [-0.2, -0.15) is 0 Å². The predicted octanol–water partition coefficient (Wildman–Crippen LogP) is 5.25. The van der Waals surface area contributed by atoms with Crippen LogP contribution in [-0.2, 0) is 0 Å². The van der Waals surface area contributed by atoms with Crippen LogP contribution in [0.3, 0.4) is 0 Å². The average Bonchev–Trinajstić information content (AvgIpc) is 2.71. The van der Waals surface area contributed by atoms with Crippen LogP contribution < -0.4 is 0 Å². The molecule has 26 heavy (non-hydrogen) atoms. The van der Waals surface area contributed by atoms with E-state index in [2.05, 4.69) is 30.3 Å². The topological polar surface area (TPSA) is 40.5 Å². The first-order chi connectivity index (χ1) is 12.8. The summed E-state index contributed by atoms with van der Waals surface area (Å²) >= 11 is 0. The summed E-state index contributed by atoms with van der Waals surface area (Å²) in [6, 6.07) is 28.3. The maximum absolute atomic E-state index is 10.8. The van der Waals surface area contributed by atoms with E-state index in [0.29, 0.717) is 0 Å². The molecule has 2 heteroatoms.